The standard InChI is InChI=1S/C13H19NO2/c1-10(16)12(9-15)8-11-4-2-3-5-13(11)14-6-7-14/h2-5,10,12,15-16H,6-9H2,1H3. The highest BCUT2D eigenvalue weighted by molar-refractivity contribution is 5.57. The van der Waals surface area contributed by atoms with Crippen LogP contribution in [0.3, 0.4) is 0 Å². The van der Waals surface area contributed by atoms with Crippen LogP contribution in [0.5, 0.6) is 0 Å². The molecular formula is C13H19NO2. The Bertz CT molecular complexity index is 348. The van der Waals surface area contributed by atoms with Crippen molar-refractivity contribution >= 4 is 5.69 Å². The van der Waals surface area contributed by atoms with Crippen molar-refractivity contribution in [2.75, 3.05) is 24.6 Å². The van der Waals surface area contributed by atoms with E-state index in [0.29, 0.717) is 0 Å². The molecule has 3 nitrogen and oxygen atoms in total. The molecule has 0 aliphatic carbocycles. The van der Waals surface area contributed by atoms with Gasteiger partial charge in [0.1, 0.15) is 0 Å². The van der Waals surface area contributed by atoms with Gasteiger partial charge in [-0.2, -0.15) is 0 Å². The van der Waals surface area contributed by atoms with Crippen LogP contribution in [0.4, 0.5) is 5.69 Å². The molecule has 2 unspecified atom stereocenters. The molecule has 0 saturated carbocycles. The molecule has 1 aliphatic rings. The van der Waals surface area contributed by atoms with Crippen LogP contribution in [-0.2, 0) is 6.42 Å². The first-order valence-corrected chi connectivity index (χ1v) is 5.84. The molecule has 0 aromatic heterocycles. The summed E-state index contributed by atoms with van der Waals surface area (Å²) >= 11 is 0. The topological polar surface area (TPSA) is 43.5 Å². The lowest BCUT2D eigenvalue weighted by Gasteiger charge is -2.19. The number of hydrogen-bond acceptors (Lipinski definition) is 3. The second-order valence-electron chi connectivity index (χ2n) is 4.50. The highest BCUT2D eigenvalue weighted by atomic mass is 16.3. The Balaban J connectivity index is 2.13. The number of anilines is 1. The summed E-state index contributed by atoms with van der Waals surface area (Å²) in [6, 6.07) is 8.24. The summed E-state index contributed by atoms with van der Waals surface area (Å²) < 4.78 is 0. The Morgan fingerprint density at radius 3 is 2.56 bits per heavy atom. The van der Waals surface area contributed by atoms with Crippen molar-refractivity contribution in [3.05, 3.63) is 29.8 Å². The van der Waals surface area contributed by atoms with E-state index in [4.69, 9.17) is 0 Å². The summed E-state index contributed by atoms with van der Waals surface area (Å²) in [6.45, 7) is 4.01. The van der Waals surface area contributed by atoms with E-state index in [0.717, 1.165) is 19.5 Å². The van der Waals surface area contributed by atoms with Crippen LogP contribution in [0.2, 0.25) is 0 Å². The van der Waals surface area contributed by atoms with Gasteiger partial charge < -0.3 is 15.1 Å². The maximum Gasteiger partial charge on any atom is 0.0565 e. The number of nitrogens with zero attached hydrogens (tertiary/aromatic N) is 1. The summed E-state index contributed by atoms with van der Waals surface area (Å²) in [5, 5.41) is 18.8. The number of benzene rings is 1. The van der Waals surface area contributed by atoms with Crippen LogP contribution in [0, 0.1) is 5.92 Å². The zero-order valence-electron chi connectivity index (χ0n) is 9.63. The largest absolute Gasteiger partial charge is 0.396 e. The average Bonchev–Trinajstić information content (AvgIpc) is 3.09. The van der Waals surface area contributed by atoms with Crippen molar-refractivity contribution in [2.45, 2.75) is 19.4 Å². The third kappa shape index (κ3) is 2.54. The van der Waals surface area contributed by atoms with Crippen molar-refractivity contribution in [3.63, 3.8) is 0 Å². The number of hydrogen-bond donors (Lipinski definition) is 2. The van der Waals surface area contributed by atoms with Gasteiger partial charge in [0, 0.05) is 31.3 Å². The highest BCUT2D eigenvalue weighted by Gasteiger charge is 2.23. The molecular weight excluding hydrogens is 202 g/mol. The van der Waals surface area contributed by atoms with Crippen LogP contribution in [0.25, 0.3) is 0 Å². The maximum absolute atomic E-state index is 9.54. The minimum absolute atomic E-state index is 0.0337. The number of para-hydroxylation sites is 1. The molecule has 1 heterocycles. The Kier molecular flexibility index (Phi) is 3.46. The molecule has 2 atom stereocenters. The molecule has 16 heavy (non-hydrogen) atoms. The molecule has 3 heteroatoms. The fraction of sp³-hybridized carbons (Fsp3) is 0.538. The molecule has 1 aromatic rings. The lowest BCUT2D eigenvalue weighted by molar-refractivity contribution is 0.0811. The summed E-state index contributed by atoms with van der Waals surface area (Å²) in [5.41, 5.74) is 2.47. The lowest BCUT2D eigenvalue weighted by Crippen LogP contribution is -2.23. The summed E-state index contributed by atoms with van der Waals surface area (Å²) in [5.74, 6) is -0.0684. The summed E-state index contributed by atoms with van der Waals surface area (Å²) in [7, 11) is 0. The van der Waals surface area contributed by atoms with Gasteiger partial charge in [0.15, 0.2) is 0 Å². The molecule has 0 amide bonds. The van der Waals surface area contributed by atoms with Crippen molar-refractivity contribution < 1.29 is 10.2 Å². The fourth-order valence-electron chi connectivity index (χ4n) is 1.95. The minimum Gasteiger partial charge on any atom is -0.396 e. The van der Waals surface area contributed by atoms with E-state index < -0.39 is 6.10 Å². The third-order valence-corrected chi connectivity index (χ3v) is 3.18. The molecule has 0 radical (unpaired) electrons. The van der Waals surface area contributed by atoms with Gasteiger partial charge in [-0.25, -0.2) is 0 Å². The summed E-state index contributed by atoms with van der Waals surface area (Å²) in [6.07, 6.45) is 0.271. The molecule has 0 spiro atoms. The normalized spacial score (nSPS) is 18.3. The van der Waals surface area contributed by atoms with E-state index in [9.17, 15) is 10.2 Å². The first-order valence-electron chi connectivity index (χ1n) is 5.84. The number of aliphatic hydroxyl groups excluding tert-OH is 2. The second-order valence-corrected chi connectivity index (χ2v) is 4.50. The Hall–Kier alpha value is -1.06. The predicted molar refractivity (Wildman–Crippen MR) is 64.6 cm³/mol. The van der Waals surface area contributed by atoms with Crippen LogP contribution in [-0.4, -0.2) is 36.0 Å². The van der Waals surface area contributed by atoms with Crippen molar-refractivity contribution in [2.24, 2.45) is 5.92 Å². The molecule has 88 valence electrons. The van der Waals surface area contributed by atoms with E-state index in [1.54, 1.807) is 6.92 Å². The van der Waals surface area contributed by atoms with Gasteiger partial charge in [-0.15, -0.1) is 0 Å². The second kappa shape index (κ2) is 4.85. The molecule has 0 bridgehead atoms. The molecule has 1 aromatic carbocycles. The first kappa shape index (κ1) is 11.4. The van der Waals surface area contributed by atoms with Crippen LogP contribution >= 0.6 is 0 Å². The van der Waals surface area contributed by atoms with Gasteiger partial charge in [-0.05, 0) is 25.0 Å². The molecule has 1 saturated heterocycles. The van der Waals surface area contributed by atoms with Crippen molar-refractivity contribution in [1.82, 2.24) is 0 Å². The highest BCUT2D eigenvalue weighted by Crippen LogP contribution is 2.28. The monoisotopic (exact) mass is 221 g/mol. The quantitative estimate of drug-likeness (QED) is 0.730. The van der Waals surface area contributed by atoms with Gasteiger partial charge in [0.2, 0.25) is 0 Å². The Morgan fingerprint density at radius 2 is 2.00 bits per heavy atom. The first-order chi connectivity index (χ1) is 7.72. The van der Waals surface area contributed by atoms with Gasteiger partial charge in [-0.1, -0.05) is 18.2 Å². The third-order valence-electron chi connectivity index (χ3n) is 3.18. The van der Waals surface area contributed by atoms with Gasteiger partial charge in [0.05, 0.1) is 6.10 Å². The Morgan fingerprint density at radius 1 is 1.31 bits per heavy atom. The van der Waals surface area contributed by atoms with Crippen LogP contribution in [0.1, 0.15) is 12.5 Å². The Labute approximate surface area is 96.3 Å². The molecule has 1 aliphatic heterocycles. The smallest absolute Gasteiger partial charge is 0.0565 e. The molecule has 2 rings (SSSR count). The van der Waals surface area contributed by atoms with Gasteiger partial charge >= 0.3 is 0 Å². The van der Waals surface area contributed by atoms with E-state index in [-0.39, 0.29) is 12.5 Å². The number of rotatable bonds is 5. The molecule has 1 fully saturated rings. The minimum atomic E-state index is -0.466. The van der Waals surface area contributed by atoms with E-state index >= 15 is 0 Å². The zero-order valence-corrected chi connectivity index (χ0v) is 9.63. The van der Waals surface area contributed by atoms with Crippen molar-refractivity contribution in [1.29, 1.82) is 0 Å². The maximum atomic E-state index is 9.54. The summed E-state index contributed by atoms with van der Waals surface area (Å²) in [4.78, 5) is 2.30. The van der Waals surface area contributed by atoms with Crippen LogP contribution in [0.15, 0.2) is 24.3 Å². The zero-order chi connectivity index (χ0) is 11.5. The lowest BCUT2D eigenvalue weighted by atomic mass is 9.94. The van der Waals surface area contributed by atoms with Gasteiger partial charge in [0.25, 0.3) is 0 Å². The van der Waals surface area contributed by atoms with E-state index in [2.05, 4.69) is 17.0 Å². The van der Waals surface area contributed by atoms with Gasteiger partial charge in [-0.3, -0.25) is 0 Å². The SMILES string of the molecule is CC(O)C(CO)Cc1ccccc1N1CC1. The van der Waals surface area contributed by atoms with Crippen molar-refractivity contribution in [3.8, 4) is 0 Å². The van der Waals surface area contributed by atoms with E-state index in [1.807, 2.05) is 12.1 Å². The van der Waals surface area contributed by atoms with Crippen LogP contribution < -0.4 is 4.90 Å². The molecule has 2 N–H and O–H groups in total. The van der Waals surface area contributed by atoms with E-state index in [1.165, 1.54) is 11.3 Å². The number of aliphatic hydroxyl groups is 2. The average molecular weight is 221 g/mol. The fourth-order valence-corrected chi connectivity index (χ4v) is 1.95. The predicted octanol–water partition coefficient (Wildman–Crippen LogP) is 1.04.